The van der Waals surface area contributed by atoms with Crippen LogP contribution in [0.25, 0.3) is 0 Å². The number of ether oxygens (including phenoxy) is 3. The number of rotatable bonds is 8. The molecule has 13 heteroatoms. The number of fused-ring (bicyclic) bond motifs is 3. The number of pyridine rings is 1. The van der Waals surface area contributed by atoms with Crippen molar-refractivity contribution < 1.29 is 24.5 Å². The molecular formula is C28H38N8O5. The summed E-state index contributed by atoms with van der Waals surface area (Å²) in [6.45, 7) is 7.87. The second-order valence-electron chi connectivity index (χ2n) is 10.3. The van der Waals surface area contributed by atoms with E-state index in [2.05, 4.69) is 20.1 Å². The van der Waals surface area contributed by atoms with Crippen LogP contribution in [0, 0.1) is 0 Å². The predicted molar refractivity (Wildman–Crippen MR) is 156 cm³/mol. The molecule has 13 nitrogen and oxygen atoms in total. The van der Waals surface area contributed by atoms with Crippen LogP contribution in [0.2, 0.25) is 0 Å². The highest BCUT2D eigenvalue weighted by molar-refractivity contribution is 6.20. The molecule has 41 heavy (non-hydrogen) atoms. The maximum absolute atomic E-state index is 13.2. The van der Waals surface area contributed by atoms with Gasteiger partial charge in [-0.1, -0.05) is 0 Å². The number of nitrogens with zero attached hydrogens (tertiary/aromatic N) is 6. The molecule has 220 valence electrons. The lowest BCUT2D eigenvalue weighted by molar-refractivity contribution is 0.0357. The number of aromatic nitrogens is 1. The fraction of sp³-hybridized carbons (Fsp3) is 0.500. The van der Waals surface area contributed by atoms with E-state index < -0.39 is 0 Å². The number of nitrogens with two attached hydrogens (primary N) is 1. The van der Waals surface area contributed by atoms with Gasteiger partial charge in [-0.3, -0.25) is 24.9 Å². The van der Waals surface area contributed by atoms with E-state index in [-0.39, 0.29) is 17.4 Å². The molecule has 2 fully saturated rings. The van der Waals surface area contributed by atoms with Crippen molar-refractivity contribution in [3.8, 4) is 11.5 Å². The summed E-state index contributed by atoms with van der Waals surface area (Å²) in [6.07, 6.45) is 3.42. The molecule has 0 bridgehead atoms. The Kier molecular flexibility index (Phi) is 8.98. The van der Waals surface area contributed by atoms with E-state index >= 15 is 0 Å². The van der Waals surface area contributed by atoms with E-state index in [1.54, 1.807) is 19.4 Å². The zero-order valence-electron chi connectivity index (χ0n) is 23.3. The number of amides is 1. The summed E-state index contributed by atoms with van der Waals surface area (Å²) in [5.74, 6) is 2.85. The fourth-order valence-corrected chi connectivity index (χ4v) is 5.47. The molecular weight excluding hydrogens is 528 g/mol. The Morgan fingerprint density at radius 2 is 2.02 bits per heavy atom. The predicted octanol–water partition coefficient (Wildman–Crippen LogP) is 0.397. The molecule has 0 unspecified atom stereocenters. The van der Waals surface area contributed by atoms with E-state index in [1.807, 2.05) is 23.1 Å². The summed E-state index contributed by atoms with van der Waals surface area (Å²) >= 11 is 0. The smallest absolute Gasteiger partial charge is 0.259 e. The molecule has 0 aliphatic carbocycles. The lowest BCUT2D eigenvalue weighted by Crippen LogP contribution is -2.47. The van der Waals surface area contributed by atoms with Gasteiger partial charge >= 0.3 is 0 Å². The number of guanidine groups is 1. The highest BCUT2D eigenvalue weighted by Crippen LogP contribution is 2.43. The van der Waals surface area contributed by atoms with Crippen molar-refractivity contribution in [2.24, 2.45) is 15.7 Å². The molecule has 5 N–H and O–H groups in total. The molecule has 0 spiro atoms. The van der Waals surface area contributed by atoms with Gasteiger partial charge in [-0.2, -0.15) is 0 Å². The second kappa shape index (κ2) is 12.8. The van der Waals surface area contributed by atoms with Crippen LogP contribution < -0.4 is 25.4 Å². The van der Waals surface area contributed by atoms with Gasteiger partial charge in [-0.25, -0.2) is 9.98 Å². The van der Waals surface area contributed by atoms with E-state index in [4.69, 9.17) is 29.9 Å². The van der Waals surface area contributed by atoms with Crippen molar-refractivity contribution in [1.82, 2.24) is 20.1 Å². The summed E-state index contributed by atoms with van der Waals surface area (Å²) in [6, 6.07) is 7.67. The molecule has 1 aromatic heterocycles. The minimum absolute atomic E-state index is 0. The molecule has 4 aliphatic rings. The molecule has 2 aromatic rings. The summed E-state index contributed by atoms with van der Waals surface area (Å²) in [5.41, 5.74) is 7.92. The van der Waals surface area contributed by atoms with Crippen molar-refractivity contribution in [3.63, 3.8) is 0 Å². The zero-order chi connectivity index (χ0) is 27.5. The van der Waals surface area contributed by atoms with Crippen molar-refractivity contribution in [1.29, 1.82) is 0 Å². The van der Waals surface area contributed by atoms with Crippen molar-refractivity contribution in [3.05, 3.63) is 41.6 Å². The molecule has 0 saturated carbocycles. The topological polar surface area (TPSA) is 162 Å². The molecule has 1 atom stereocenters. The lowest BCUT2D eigenvalue weighted by Gasteiger charge is -2.29. The van der Waals surface area contributed by atoms with Gasteiger partial charge < -0.3 is 30.3 Å². The standard InChI is InChI=1S/C28H36N8O4.H2O/c1-38-25-22(40-14-2-9-34-12-15-39-16-13-34)5-4-21-24(25)32-28(36-11-8-30-26(21)36)33-27(37)19-3-6-23(31-17-19)35-10-7-20(29)18-35;/h3-6,17,20H,2,7-16,18,29H2,1H3,(H,32,33,37);1H2/t20-;/m0./s1. The van der Waals surface area contributed by atoms with Crippen LogP contribution in [0.1, 0.15) is 28.8 Å². The number of morpholine rings is 1. The average Bonchev–Trinajstić information content (AvgIpc) is 3.66. The Morgan fingerprint density at radius 1 is 1.17 bits per heavy atom. The Balaban J connectivity index is 0.00000337. The molecule has 1 amide bonds. The first-order valence-corrected chi connectivity index (χ1v) is 13.9. The van der Waals surface area contributed by atoms with Crippen LogP contribution >= 0.6 is 0 Å². The van der Waals surface area contributed by atoms with Crippen LogP contribution in [0.15, 0.2) is 40.4 Å². The SMILES string of the molecule is COc1c(OCCCN2CCOCC2)ccc2c1N=C(NC(=O)c1ccc(N3CC[C@H](N)C3)nc1)N1CCN=C21.O. The van der Waals surface area contributed by atoms with E-state index in [1.165, 1.54) is 0 Å². The van der Waals surface area contributed by atoms with Gasteiger partial charge in [0, 0.05) is 57.1 Å². The summed E-state index contributed by atoms with van der Waals surface area (Å²) < 4.78 is 17.3. The van der Waals surface area contributed by atoms with E-state index in [0.717, 1.165) is 76.0 Å². The van der Waals surface area contributed by atoms with Gasteiger partial charge in [-0.15, -0.1) is 0 Å². The number of carbonyl (C=O) groups is 1. The largest absolute Gasteiger partial charge is 0.491 e. The quantitative estimate of drug-likeness (QED) is 0.431. The zero-order valence-corrected chi connectivity index (χ0v) is 23.3. The maximum atomic E-state index is 13.2. The second-order valence-corrected chi connectivity index (χ2v) is 10.3. The minimum atomic E-state index is -0.292. The van der Waals surface area contributed by atoms with Gasteiger partial charge in [0.05, 0.1) is 39.0 Å². The first-order chi connectivity index (χ1) is 19.6. The lowest BCUT2D eigenvalue weighted by atomic mass is 10.1. The van der Waals surface area contributed by atoms with Gasteiger partial charge in [-0.05, 0) is 37.1 Å². The maximum Gasteiger partial charge on any atom is 0.259 e. The molecule has 1 aromatic carbocycles. The van der Waals surface area contributed by atoms with Crippen LogP contribution in [0.4, 0.5) is 11.5 Å². The molecule has 0 radical (unpaired) electrons. The molecule has 6 rings (SSSR count). The minimum Gasteiger partial charge on any atom is -0.491 e. The summed E-state index contributed by atoms with van der Waals surface area (Å²) in [4.78, 5) is 33.7. The Labute approximate surface area is 239 Å². The van der Waals surface area contributed by atoms with Crippen LogP contribution in [0.3, 0.4) is 0 Å². The fourth-order valence-electron chi connectivity index (χ4n) is 5.47. The van der Waals surface area contributed by atoms with E-state index in [0.29, 0.717) is 48.4 Å². The van der Waals surface area contributed by atoms with Gasteiger partial charge in [0.2, 0.25) is 5.96 Å². The third kappa shape index (κ3) is 6.12. The number of amidine groups is 1. The van der Waals surface area contributed by atoms with Crippen LogP contribution in [0.5, 0.6) is 11.5 Å². The van der Waals surface area contributed by atoms with Gasteiger partial charge in [0.25, 0.3) is 5.91 Å². The summed E-state index contributed by atoms with van der Waals surface area (Å²) in [5, 5.41) is 2.97. The first-order valence-electron chi connectivity index (χ1n) is 13.9. The number of benzene rings is 1. The Hall–Kier alpha value is -3.78. The number of nitrogens with one attached hydrogen (secondary N) is 1. The number of hydrogen-bond acceptors (Lipinski definition) is 11. The van der Waals surface area contributed by atoms with Crippen molar-refractivity contribution in [2.75, 3.05) is 77.6 Å². The van der Waals surface area contributed by atoms with Gasteiger partial charge in [0.1, 0.15) is 17.3 Å². The molecule has 5 heterocycles. The van der Waals surface area contributed by atoms with Crippen molar-refractivity contribution >= 4 is 29.2 Å². The third-order valence-corrected chi connectivity index (χ3v) is 7.62. The number of carbonyl (C=O) groups excluding carboxylic acids is 1. The number of hydrogen-bond donors (Lipinski definition) is 2. The normalized spacial score (nSPS) is 20.0. The average molecular weight is 567 g/mol. The van der Waals surface area contributed by atoms with Gasteiger partial charge in [0.15, 0.2) is 11.5 Å². The van der Waals surface area contributed by atoms with Crippen molar-refractivity contribution in [2.45, 2.75) is 18.9 Å². The monoisotopic (exact) mass is 566 g/mol. The highest BCUT2D eigenvalue weighted by Gasteiger charge is 2.33. The highest BCUT2D eigenvalue weighted by atomic mass is 16.5. The Morgan fingerprint density at radius 3 is 2.76 bits per heavy atom. The summed E-state index contributed by atoms with van der Waals surface area (Å²) in [7, 11) is 1.60. The molecule has 2 saturated heterocycles. The number of anilines is 1. The Bertz CT molecular complexity index is 1300. The third-order valence-electron chi connectivity index (χ3n) is 7.62. The first kappa shape index (κ1) is 28.7. The number of aliphatic imine (C=N–C) groups is 2. The van der Waals surface area contributed by atoms with Crippen LogP contribution in [-0.2, 0) is 4.74 Å². The van der Waals surface area contributed by atoms with E-state index in [9.17, 15) is 4.79 Å². The molecule has 4 aliphatic heterocycles. The number of methoxy groups -OCH3 is 1. The van der Waals surface area contributed by atoms with Crippen LogP contribution in [-0.4, -0.2) is 117 Å².